The number of hydrogen-bond acceptors (Lipinski definition) is 8. The average Bonchev–Trinajstić information content (AvgIpc) is 3.91. The summed E-state index contributed by atoms with van der Waals surface area (Å²) in [5, 5.41) is 5.42. The number of amides is 2. The van der Waals surface area contributed by atoms with Crippen LogP contribution < -0.4 is 31.2 Å². The molecule has 0 unspecified atom stereocenters. The van der Waals surface area contributed by atoms with Gasteiger partial charge in [0.05, 0.1) is 27.3 Å². The summed E-state index contributed by atoms with van der Waals surface area (Å²) in [4.78, 5) is 57.7. The zero-order chi connectivity index (χ0) is 48.2. The Labute approximate surface area is 391 Å². The number of rotatable bonds is 16. The molecule has 2 amide bonds. The maximum absolute atomic E-state index is 14.3. The molecular formula is C52H50F2N8O6. The molecule has 0 saturated heterocycles. The number of carbonyl (C=O) groups excluding carboxylic acids is 2. The number of halogens is 2. The van der Waals surface area contributed by atoms with Crippen LogP contribution in [-0.4, -0.2) is 54.3 Å². The molecule has 68 heavy (non-hydrogen) atoms. The molecule has 2 N–H and O–H groups in total. The number of carbonyl (C=O) groups is 2. The first-order valence-electron chi connectivity index (χ1n) is 21.6. The van der Waals surface area contributed by atoms with E-state index in [0.29, 0.717) is 49.0 Å². The normalized spacial score (nSPS) is 10.8. The predicted molar refractivity (Wildman–Crippen MR) is 253 cm³/mol. The zero-order valence-electron chi connectivity index (χ0n) is 38.0. The summed E-state index contributed by atoms with van der Waals surface area (Å²) in [6.07, 6.45) is 6.90. The molecule has 0 fully saturated rings. The first-order chi connectivity index (χ1) is 32.9. The molecule has 0 aliphatic carbocycles. The van der Waals surface area contributed by atoms with Gasteiger partial charge in [0.15, 0.2) is 23.1 Å². The van der Waals surface area contributed by atoms with Crippen molar-refractivity contribution in [1.82, 2.24) is 38.9 Å². The van der Waals surface area contributed by atoms with Gasteiger partial charge >= 0.3 is 0 Å². The highest BCUT2D eigenvalue weighted by Gasteiger charge is 2.17. The Kier molecular flexibility index (Phi) is 15.5. The number of pyridine rings is 2. The Morgan fingerprint density at radius 2 is 0.853 bits per heavy atom. The van der Waals surface area contributed by atoms with Crippen LogP contribution in [0.25, 0.3) is 0 Å². The van der Waals surface area contributed by atoms with E-state index in [1.54, 1.807) is 70.3 Å². The third-order valence-corrected chi connectivity index (χ3v) is 11.1. The van der Waals surface area contributed by atoms with Crippen LogP contribution in [0.4, 0.5) is 8.78 Å². The Balaban J connectivity index is 0.000000201. The van der Waals surface area contributed by atoms with E-state index in [0.717, 1.165) is 22.3 Å². The maximum Gasteiger partial charge on any atom is 0.271 e. The first kappa shape index (κ1) is 47.6. The van der Waals surface area contributed by atoms with Gasteiger partial charge in [0.1, 0.15) is 23.0 Å². The highest BCUT2D eigenvalue weighted by atomic mass is 19.1. The minimum Gasteiger partial charge on any atom is -0.494 e. The Morgan fingerprint density at radius 3 is 1.19 bits per heavy atom. The molecule has 0 atom stereocenters. The summed E-state index contributed by atoms with van der Waals surface area (Å²) in [5.41, 5.74) is 5.23. The molecule has 0 spiro atoms. The number of hydrogen-bond donors (Lipinski definition) is 2. The molecule has 8 aromatic rings. The van der Waals surface area contributed by atoms with E-state index in [9.17, 15) is 28.0 Å². The molecule has 0 radical (unpaired) electrons. The molecule has 4 heterocycles. The van der Waals surface area contributed by atoms with E-state index in [4.69, 9.17) is 9.47 Å². The fraction of sp³-hybridized carbons (Fsp3) is 0.192. The van der Waals surface area contributed by atoms with Crippen molar-refractivity contribution in [2.24, 2.45) is 0 Å². The van der Waals surface area contributed by atoms with Crippen molar-refractivity contribution in [3.63, 3.8) is 0 Å². The van der Waals surface area contributed by atoms with Crippen molar-refractivity contribution in [2.75, 3.05) is 14.2 Å². The standard InChI is InChI=1S/2C26H25FN4O3/c2*1-18-29-22(26(33)28-14-21-6-5-7-23(34-2)25(21)27)17-31(18)16-20-11-9-19(10-12-20)15-30-13-4-3-8-24(30)32/h2*3-13,17H,14-16H2,1-2H3,(H,28,33). The number of aromatic nitrogens is 6. The zero-order valence-corrected chi connectivity index (χ0v) is 38.0. The second-order valence-corrected chi connectivity index (χ2v) is 15.8. The Bertz CT molecular complexity index is 2930. The van der Waals surface area contributed by atoms with Crippen LogP contribution in [0.1, 0.15) is 66.0 Å². The second kappa shape index (κ2) is 22.2. The molecule has 0 aliphatic rings. The molecule has 0 aliphatic heterocycles. The monoisotopic (exact) mass is 920 g/mol. The molecule has 0 saturated carbocycles. The van der Waals surface area contributed by atoms with Crippen LogP contribution in [0.3, 0.4) is 0 Å². The van der Waals surface area contributed by atoms with E-state index < -0.39 is 11.6 Å². The second-order valence-electron chi connectivity index (χ2n) is 15.8. The van der Waals surface area contributed by atoms with Gasteiger partial charge in [-0.1, -0.05) is 84.9 Å². The maximum atomic E-state index is 14.3. The smallest absolute Gasteiger partial charge is 0.271 e. The van der Waals surface area contributed by atoms with Gasteiger partial charge in [-0.3, -0.25) is 19.2 Å². The number of benzene rings is 4. The van der Waals surface area contributed by atoms with Gasteiger partial charge in [0.2, 0.25) is 0 Å². The van der Waals surface area contributed by atoms with Crippen LogP contribution in [0.5, 0.6) is 11.5 Å². The average molecular weight is 921 g/mol. The van der Waals surface area contributed by atoms with Crippen molar-refractivity contribution in [2.45, 2.75) is 53.1 Å². The van der Waals surface area contributed by atoms with Gasteiger partial charge in [-0.25, -0.2) is 18.7 Å². The van der Waals surface area contributed by atoms with Crippen LogP contribution in [0, 0.1) is 25.5 Å². The van der Waals surface area contributed by atoms with E-state index >= 15 is 0 Å². The number of aryl methyl sites for hydroxylation is 2. The number of ether oxygens (including phenoxy) is 2. The van der Waals surface area contributed by atoms with E-state index in [1.165, 1.54) is 38.5 Å². The van der Waals surface area contributed by atoms with Crippen LogP contribution in [0.2, 0.25) is 0 Å². The summed E-state index contributed by atoms with van der Waals surface area (Å²) < 4.78 is 45.6. The summed E-state index contributed by atoms with van der Waals surface area (Å²) in [7, 11) is 2.79. The number of nitrogens with one attached hydrogen (secondary N) is 2. The van der Waals surface area contributed by atoms with Crippen molar-refractivity contribution in [3.8, 4) is 11.5 Å². The number of methoxy groups -OCH3 is 2. The molecule has 348 valence electrons. The quantitative estimate of drug-likeness (QED) is 0.104. The number of nitrogens with zero attached hydrogens (tertiary/aromatic N) is 6. The highest BCUT2D eigenvalue weighted by Crippen LogP contribution is 2.21. The van der Waals surface area contributed by atoms with Crippen LogP contribution in [-0.2, 0) is 39.3 Å². The van der Waals surface area contributed by atoms with Gasteiger partial charge < -0.3 is 38.4 Å². The SMILES string of the molecule is COc1cccc(CNC(=O)c2cn(Cc3ccc(Cn4ccccc4=O)cc3)c(C)n2)c1F.COc1cccc(CNC(=O)c2cn(Cc3ccc(Cn4ccccc4=O)cc3)c(C)n2)c1F. The molecule has 4 aromatic carbocycles. The Morgan fingerprint density at radius 1 is 0.500 bits per heavy atom. The fourth-order valence-corrected chi connectivity index (χ4v) is 7.26. The summed E-state index contributed by atoms with van der Waals surface area (Å²) in [6.45, 7) is 5.80. The van der Waals surface area contributed by atoms with E-state index in [1.807, 2.05) is 83.6 Å². The Hall–Kier alpha value is -8.40. The number of imidazole rings is 2. The minimum absolute atomic E-state index is 0.0275. The summed E-state index contributed by atoms with van der Waals surface area (Å²) in [6, 6.07) is 35.7. The lowest BCUT2D eigenvalue weighted by Gasteiger charge is -2.08. The van der Waals surface area contributed by atoms with Gasteiger partial charge in [-0.2, -0.15) is 0 Å². The third kappa shape index (κ3) is 12.1. The van der Waals surface area contributed by atoms with Crippen LogP contribution in [0.15, 0.2) is 156 Å². The molecule has 8 rings (SSSR count). The fourth-order valence-electron chi connectivity index (χ4n) is 7.26. The van der Waals surface area contributed by atoms with Gasteiger partial charge in [-0.05, 0) is 60.4 Å². The summed E-state index contributed by atoms with van der Waals surface area (Å²) >= 11 is 0. The third-order valence-electron chi connectivity index (χ3n) is 11.1. The van der Waals surface area contributed by atoms with Crippen molar-refractivity contribution in [3.05, 3.63) is 235 Å². The van der Waals surface area contributed by atoms with Gasteiger partial charge in [0.25, 0.3) is 22.9 Å². The summed E-state index contributed by atoms with van der Waals surface area (Å²) in [5.74, 6) is -0.0988. The van der Waals surface area contributed by atoms with Gasteiger partial charge in [0, 0.05) is 74.2 Å². The van der Waals surface area contributed by atoms with Gasteiger partial charge in [-0.15, -0.1) is 0 Å². The van der Waals surface area contributed by atoms with Crippen molar-refractivity contribution >= 4 is 11.8 Å². The lowest BCUT2D eigenvalue weighted by molar-refractivity contribution is 0.0938. The topological polar surface area (TPSA) is 156 Å². The predicted octanol–water partition coefficient (Wildman–Crippen LogP) is 7.06. The molecule has 14 nitrogen and oxygen atoms in total. The van der Waals surface area contributed by atoms with E-state index in [-0.39, 0.29) is 58.9 Å². The molecular weight excluding hydrogens is 871 g/mol. The largest absolute Gasteiger partial charge is 0.494 e. The van der Waals surface area contributed by atoms with E-state index in [2.05, 4.69) is 20.6 Å². The molecule has 16 heteroatoms. The molecule has 0 bridgehead atoms. The minimum atomic E-state index is -0.493. The lowest BCUT2D eigenvalue weighted by atomic mass is 10.1. The van der Waals surface area contributed by atoms with Crippen LogP contribution >= 0.6 is 0 Å². The lowest BCUT2D eigenvalue weighted by Crippen LogP contribution is -2.23. The highest BCUT2D eigenvalue weighted by molar-refractivity contribution is 5.92. The molecule has 4 aromatic heterocycles. The first-order valence-corrected chi connectivity index (χ1v) is 21.6. The van der Waals surface area contributed by atoms with Crippen molar-refractivity contribution in [1.29, 1.82) is 0 Å². The van der Waals surface area contributed by atoms with Crippen molar-refractivity contribution < 1.29 is 27.8 Å².